The summed E-state index contributed by atoms with van der Waals surface area (Å²) >= 11 is 0. The predicted molar refractivity (Wildman–Crippen MR) is 157 cm³/mol. The Balaban J connectivity index is 0.00000370. The fourth-order valence-electron chi connectivity index (χ4n) is 6.57. The molecule has 2 aromatic rings. The van der Waals surface area contributed by atoms with Crippen molar-refractivity contribution >= 4 is 24.2 Å². The van der Waals surface area contributed by atoms with Gasteiger partial charge in [0.1, 0.15) is 28.9 Å². The van der Waals surface area contributed by atoms with Crippen LogP contribution in [0.4, 0.5) is 4.39 Å². The monoisotopic (exact) mass is 571 g/mol. The van der Waals surface area contributed by atoms with Crippen LogP contribution in [0.15, 0.2) is 48.5 Å². The van der Waals surface area contributed by atoms with Gasteiger partial charge in [0, 0.05) is 26.2 Å². The van der Waals surface area contributed by atoms with Crippen molar-refractivity contribution in [2.24, 2.45) is 5.92 Å². The average molecular weight is 572 g/mol. The van der Waals surface area contributed by atoms with Gasteiger partial charge in [-0.2, -0.15) is 0 Å². The number of carbonyl (C=O) groups is 2. The van der Waals surface area contributed by atoms with Crippen LogP contribution in [-0.2, 0) is 16.1 Å². The lowest BCUT2D eigenvalue weighted by Gasteiger charge is -2.52. The number of piperazine rings is 1. The maximum Gasteiger partial charge on any atom is 0.246 e. The minimum Gasteiger partial charge on any atom is -0.457 e. The summed E-state index contributed by atoms with van der Waals surface area (Å²) in [6, 6.07) is 13.6. The van der Waals surface area contributed by atoms with E-state index in [1.54, 1.807) is 12.1 Å². The zero-order valence-corrected chi connectivity index (χ0v) is 24.4. The summed E-state index contributed by atoms with van der Waals surface area (Å²) < 4.78 is 19.0. The number of likely N-dealkylation sites (tertiary alicyclic amines) is 1. The van der Waals surface area contributed by atoms with Gasteiger partial charge in [0.25, 0.3) is 0 Å². The van der Waals surface area contributed by atoms with Crippen molar-refractivity contribution in [3.63, 3.8) is 0 Å². The lowest BCUT2D eigenvalue weighted by molar-refractivity contribution is -0.162. The highest BCUT2D eigenvalue weighted by Gasteiger charge is 2.53. The van der Waals surface area contributed by atoms with Gasteiger partial charge in [0.2, 0.25) is 11.8 Å². The summed E-state index contributed by atoms with van der Waals surface area (Å²) in [5.74, 6) is 1.75. The molecule has 2 saturated heterocycles. The highest BCUT2D eigenvalue weighted by molar-refractivity contribution is 6.00. The predicted octanol–water partition coefficient (Wildman–Crippen LogP) is 6.47. The van der Waals surface area contributed by atoms with Crippen molar-refractivity contribution in [2.75, 3.05) is 19.6 Å². The molecule has 2 amide bonds. The fraction of sp³-hybridized carbons (Fsp3) is 0.562. The molecule has 1 spiro atoms. The number of benzene rings is 2. The van der Waals surface area contributed by atoms with Crippen molar-refractivity contribution < 1.29 is 18.7 Å². The number of unbranched alkanes of at least 4 members (excludes halogenated alkanes) is 1. The van der Waals surface area contributed by atoms with Gasteiger partial charge in [0.05, 0.1) is 0 Å². The summed E-state index contributed by atoms with van der Waals surface area (Å²) in [6.45, 7) is 5.12. The molecule has 218 valence electrons. The van der Waals surface area contributed by atoms with E-state index < -0.39 is 5.54 Å². The van der Waals surface area contributed by atoms with Gasteiger partial charge in [0.15, 0.2) is 0 Å². The third kappa shape index (κ3) is 6.98. The molecule has 1 N–H and O–H groups in total. The van der Waals surface area contributed by atoms with Gasteiger partial charge < -0.3 is 15.0 Å². The Morgan fingerprint density at radius 2 is 1.57 bits per heavy atom. The summed E-state index contributed by atoms with van der Waals surface area (Å²) in [5.41, 5.74) is 0.440. The van der Waals surface area contributed by atoms with Gasteiger partial charge in [-0.25, -0.2) is 4.39 Å². The van der Waals surface area contributed by atoms with Gasteiger partial charge >= 0.3 is 0 Å². The van der Waals surface area contributed by atoms with E-state index in [1.807, 2.05) is 29.2 Å². The van der Waals surface area contributed by atoms with Crippen LogP contribution in [0.5, 0.6) is 11.5 Å². The van der Waals surface area contributed by atoms with E-state index in [9.17, 15) is 14.0 Å². The van der Waals surface area contributed by atoms with Crippen LogP contribution < -0.4 is 10.1 Å². The third-order valence-electron chi connectivity index (χ3n) is 8.90. The average Bonchev–Trinajstić information content (AvgIpc) is 2.96. The van der Waals surface area contributed by atoms with Crippen LogP contribution in [-0.4, -0.2) is 52.8 Å². The molecule has 3 aliphatic rings. The molecule has 6 nitrogen and oxygen atoms in total. The molecule has 0 bridgehead atoms. The molecule has 1 atom stereocenters. The van der Waals surface area contributed by atoms with Gasteiger partial charge in [-0.15, -0.1) is 12.4 Å². The molecule has 0 radical (unpaired) electrons. The van der Waals surface area contributed by atoms with E-state index in [4.69, 9.17) is 4.74 Å². The molecule has 3 fully saturated rings. The second-order valence-corrected chi connectivity index (χ2v) is 11.6. The molecular weight excluding hydrogens is 529 g/mol. The molecule has 1 aliphatic carbocycles. The Bertz CT molecular complexity index is 1110. The zero-order valence-electron chi connectivity index (χ0n) is 23.6. The maximum atomic E-state index is 13.7. The largest absolute Gasteiger partial charge is 0.457 e. The van der Waals surface area contributed by atoms with Crippen LogP contribution in [0, 0.1) is 11.7 Å². The number of carbonyl (C=O) groups excluding carboxylic acids is 2. The van der Waals surface area contributed by atoms with E-state index in [1.165, 1.54) is 44.2 Å². The first-order valence-corrected chi connectivity index (χ1v) is 14.8. The SMILES string of the molecule is CCCCN1C(=O)[C@H](CC2CCCCC2)NC(=O)C12CCN(Cc1ccc(Oc3ccc(F)cc3)cc1)CC2.Cl. The van der Waals surface area contributed by atoms with Crippen molar-refractivity contribution in [2.45, 2.75) is 89.3 Å². The topological polar surface area (TPSA) is 61.9 Å². The molecule has 8 heteroatoms. The smallest absolute Gasteiger partial charge is 0.246 e. The summed E-state index contributed by atoms with van der Waals surface area (Å²) in [4.78, 5) is 31.7. The quantitative estimate of drug-likeness (QED) is 0.375. The first-order chi connectivity index (χ1) is 19.0. The van der Waals surface area contributed by atoms with E-state index in [0.29, 0.717) is 36.8 Å². The van der Waals surface area contributed by atoms with Gasteiger partial charge in [-0.1, -0.05) is 57.6 Å². The number of nitrogens with one attached hydrogen (secondary N) is 1. The Kier molecular flexibility index (Phi) is 10.5. The molecule has 0 aromatic heterocycles. The highest BCUT2D eigenvalue weighted by Crippen LogP contribution is 2.36. The van der Waals surface area contributed by atoms with Crippen LogP contribution >= 0.6 is 12.4 Å². The number of halogens is 2. The van der Waals surface area contributed by atoms with E-state index in [-0.39, 0.29) is 36.1 Å². The Morgan fingerprint density at radius 3 is 2.20 bits per heavy atom. The number of hydrogen-bond acceptors (Lipinski definition) is 4. The third-order valence-corrected chi connectivity index (χ3v) is 8.90. The molecular formula is C32H43ClFN3O3. The van der Waals surface area contributed by atoms with Crippen LogP contribution in [0.25, 0.3) is 0 Å². The van der Waals surface area contributed by atoms with Crippen molar-refractivity contribution in [3.05, 3.63) is 59.9 Å². The lowest BCUT2D eigenvalue weighted by atomic mass is 9.79. The Morgan fingerprint density at radius 1 is 0.950 bits per heavy atom. The van der Waals surface area contributed by atoms with Crippen molar-refractivity contribution in [1.29, 1.82) is 0 Å². The Hall–Kier alpha value is -2.64. The number of amides is 2. The standard InChI is InChI=1S/C32H42FN3O3.ClH/c1-2-3-19-36-30(37)29(22-24-7-5-4-6-8-24)34-31(38)32(36)17-20-35(21-18-32)23-25-9-13-27(14-10-25)39-28-15-11-26(33)12-16-28;/h9-16,24,29H,2-8,17-23H2,1H3,(H,34,38);1H/t29-;/m0./s1. The second-order valence-electron chi connectivity index (χ2n) is 11.6. The Labute approximate surface area is 244 Å². The summed E-state index contributed by atoms with van der Waals surface area (Å²) in [5, 5.41) is 3.19. The molecule has 5 rings (SSSR count). The second kappa shape index (κ2) is 13.8. The summed E-state index contributed by atoms with van der Waals surface area (Å²) in [6.07, 6.45) is 10.2. The van der Waals surface area contributed by atoms with Crippen molar-refractivity contribution in [3.8, 4) is 11.5 Å². The molecule has 40 heavy (non-hydrogen) atoms. The number of ether oxygens (including phenoxy) is 1. The number of hydrogen-bond donors (Lipinski definition) is 1. The molecule has 1 saturated carbocycles. The molecule has 0 unspecified atom stereocenters. The minimum atomic E-state index is -0.724. The maximum absolute atomic E-state index is 13.7. The lowest BCUT2D eigenvalue weighted by Crippen LogP contribution is -2.73. The molecule has 2 aromatic carbocycles. The molecule has 2 aliphatic heterocycles. The normalized spacial score (nSPS) is 21.6. The van der Waals surface area contributed by atoms with Crippen LogP contribution in [0.3, 0.4) is 0 Å². The number of nitrogens with zero attached hydrogens (tertiary/aromatic N) is 2. The minimum absolute atomic E-state index is 0. The zero-order chi connectivity index (χ0) is 27.2. The fourth-order valence-corrected chi connectivity index (χ4v) is 6.57. The van der Waals surface area contributed by atoms with Crippen molar-refractivity contribution in [1.82, 2.24) is 15.1 Å². The summed E-state index contributed by atoms with van der Waals surface area (Å²) in [7, 11) is 0. The first kappa shape index (κ1) is 30.3. The number of rotatable bonds is 9. The van der Waals surface area contributed by atoms with E-state index in [2.05, 4.69) is 17.1 Å². The molecule has 2 heterocycles. The van der Waals surface area contributed by atoms with Gasteiger partial charge in [-0.3, -0.25) is 14.5 Å². The number of piperidine rings is 1. The first-order valence-electron chi connectivity index (χ1n) is 14.8. The van der Waals surface area contributed by atoms with E-state index >= 15 is 0 Å². The van der Waals surface area contributed by atoms with Gasteiger partial charge in [-0.05, 0) is 73.6 Å². The van der Waals surface area contributed by atoms with Crippen LogP contribution in [0.1, 0.15) is 76.7 Å². The van der Waals surface area contributed by atoms with Crippen LogP contribution in [0.2, 0.25) is 0 Å². The highest BCUT2D eigenvalue weighted by atomic mass is 35.5. The van der Waals surface area contributed by atoms with E-state index in [0.717, 1.165) is 44.5 Å².